The molecule has 0 fully saturated rings. The Bertz CT molecular complexity index is 5000. The highest BCUT2D eigenvalue weighted by molar-refractivity contribution is 7.26. The van der Waals surface area contributed by atoms with Crippen molar-refractivity contribution in [2.24, 2.45) is 0 Å². The van der Waals surface area contributed by atoms with Gasteiger partial charge in [-0.3, -0.25) is 0 Å². The summed E-state index contributed by atoms with van der Waals surface area (Å²) in [4.78, 5) is 0. The molecule has 0 radical (unpaired) electrons. The zero-order chi connectivity index (χ0) is 48.4. The van der Waals surface area contributed by atoms with Gasteiger partial charge in [0.05, 0.1) is 0 Å². The molecule has 0 aliphatic rings. The number of rotatable bonds is 5. The quantitative estimate of drug-likeness (QED) is 0.157. The Morgan fingerprint density at radius 1 is 0.243 bits per heavy atom. The molecule has 14 aromatic carbocycles. The molecule has 2 heteroatoms. The first kappa shape index (κ1) is 41.3. The number of para-hydroxylation sites is 1. The van der Waals surface area contributed by atoms with E-state index in [2.05, 4.69) is 255 Å². The molecule has 1 nitrogen and oxygen atoms in total. The number of hydrogen-bond acceptors (Lipinski definition) is 2. The fraction of sp³-hybridized carbons (Fsp3) is 0. The van der Waals surface area contributed by atoms with Crippen molar-refractivity contribution in [2.75, 3.05) is 0 Å². The minimum atomic E-state index is 0.899. The van der Waals surface area contributed by atoms with Crippen LogP contribution in [0.15, 0.2) is 259 Å². The van der Waals surface area contributed by atoms with Crippen molar-refractivity contribution in [3.8, 4) is 55.6 Å². The summed E-state index contributed by atoms with van der Waals surface area (Å²) in [5.74, 6) is 0. The molecule has 0 unspecified atom stereocenters. The molecule has 342 valence electrons. The van der Waals surface area contributed by atoms with Crippen molar-refractivity contribution in [1.82, 2.24) is 0 Å². The summed E-state index contributed by atoms with van der Waals surface area (Å²) in [5, 5.41) is 19.5. The van der Waals surface area contributed by atoms with Gasteiger partial charge in [0.15, 0.2) is 0 Å². The van der Waals surface area contributed by atoms with Gasteiger partial charge >= 0.3 is 0 Å². The SMILES string of the molecule is c1ccc(-c2c3ccccc3c(-c3cccc4c3oc3cc5ccccc5cc34)c3cc(-c4ccc5c(-c6cccc7sc8cc9ccccc9cc8c67)c6ccccc6c(-c6ccccc6)c5c4)ccc23)cc1. The Kier molecular flexibility index (Phi) is 8.98. The molecular formula is C72H42OS. The summed E-state index contributed by atoms with van der Waals surface area (Å²) >= 11 is 1.89. The number of furan rings is 1. The summed E-state index contributed by atoms with van der Waals surface area (Å²) in [7, 11) is 0. The number of thiophene rings is 1. The Morgan fingerprint density at radius 3 is 1.32 bits per heavy atom. The lowest BCUT2D eigenvalue weighted by Crippen LogP contribution is -1.93. The van der Waals surface area contributed by atoms with Crippen molar-refractivity contribution >= 4 is 118 Å². The van der Waals surface area contributed by atoms with Gasteiger partial charge in [0, 0.05) is 42.1 Å². The Morgan fingerprint density at radius 2 is 0.689 bits per heavy atom. The topological polar surface area (TPSA) is 13.1 Å². The number of fused-ring (bicyclic) bond motifs is 12. The Hall–Kier alpha value is -9.34. The number of benzene rings is 14. The lowest BCUT2D eigenvalue weighted by molar-refractivity contribution is 0.670. The van der Waals surface area contributed by atoms with Crippen molar-refractivity contribution < 1.29 is 4.42 Å². The predicted octanol–water partition coefficient (Wildman–Crippen LogP) is 21.2. The number of hydrogen-bond donors (Lipinski definition) is 0. The Balaban J connectivity index is 0.993. The van der Waals surface area contributed by atoms with Gasteiger partial charge in [-0.15, -0.1) is 11.3 Å². The van der Waals surface area contributed by atoms with Gasteiger partial charge in [0.2, 0.25) is 0 Å². The third-order valence-electron chi connectivity index (χ3n) is 15.8. The predicted molar refractivity (Wildman–Crippen MR) is 319 cm³/mol. The van der Waals surface area contributed by atoms with Crippen LogP contribution >= 0.6 is 11.3 Å². The summed E-state index contributed by atoms with van der Waals surface area (Å²) in [6.07, 6.45) is 0. The smallest absolute Gasteiger partial charge is 0.143 e. The average Bonchev–Trinajstić information content (AvgIpc) is 4.02. The summed E-state index contributed by atoms with van der Waals surface area (Å²) in [6, 6.07) is 94.5. The zero-order valence-corrected chi connectivity index (χ0v) is 40.9. The van der Waals surface area contributed by atoms with E-state index in [0.717, 1.165) is 38.6 Å². The lowest BCUT2D eigenvalue weighted by Gasteiger charge is -2.20. The molecule has 0 atom stereocenters. The van der Waals surface area contributed by atoms with E-state index in [1.54, 1.807) is 0 Å². The maximum absolute atomic E-state index is 7.02. The van der Waals surface area contributed by atoms with Gasteiger partial charge < -0.3 is 4.42 Å². The molecule has 0 saturated heterocycles. The second kappa shape index (κ2) is 16.1. The van der Waals surface area contributed by atoms with E-state index in [1.165, 1.54) is 124 Å². The molecule has 16 aromatic rings. The van der Waals surface area contributed by atoms with Gasteiger partial charge in [-0.25, -0.2) is 0 Å². The van der Waals surface area contributed by atoms with Gasteiger partial charge in [0.1, 0.15) is 11.2 Å². The monoisotopic (exact) mass is 954 g/mol. The van der Waals surface area contributed by atoms with E-state index in [-0.39, 0.29) is 0 Å². The van der Waals surface area contributed by atoms with Crippen LogP contribution in [0.2, 0.25) is 0 Å². The molecule has 2 aromatic heterocycles. The molecule has 2 heterocycles. The maximum atomic E-state index is 7.02. The van der Waals surface area contributed by atoms with E-state index >= 15 is 0 Å². The molecule has 16 rings (SSSR count). The molecule has 0 amide bonds. The van der Waals surface area contributed by atoms with Crippen molar-refractivity contribution in [3.63, 3.8) is 0 Å². The van der Waals surface area contributed by atoms with Crippen LogP contribution in [0.25, 0.3) is 162 Å². The second-order valence-electron chi connectivity index (χ2n) is 19.8. The Labute approximate surface area is 430 Å². The van der Waals surface area contributed by atoms with Crippen molar-refractivity contribution in [3.05, 3.63) is 255 Å². The van der Waals surface area contributed by atoms with E-state index in [1.807, 2.05) is 11.3 Å². The molecular weight excluding hydrogens is 913 g/mol. The van der Waals surface area contributed by atoms with Crippen molar-refractivity contribution in [2.45, 2.75) is 0 Å². The van der Waals surface area contributed by atoms with E-state index < -0.39 is 0 Å². The molecule has 0 aliphatic carbocycles. The minimum Gasteiger partial charge on any atom is -0.455 e. The highest BCUT2D eigenvalue weighted by Crippen LogP contribution is 2.51. The van der Waals surface area contributed by atoms with Gasteiger partial charge in [0.25, 0.3) is 0 Å². The minimum absolute atomic E-state index is 0.899. The first-order valence-corrected chi connectivity index (χ1v) is 26.3. The van der Waals surface area contributed by atoms with E-state index in [9.17, 15) is 0 Å². The average molecular weight is 955 g/mol. The largest absolute Gasteiger partial charge is 0.455 e. The van der Waals surface area contributed by atoms with Crippen LogP contribution in [0.4, 0.5) is 0 Å². The second-order valence-corrected chi connectivity index (χ2v) is 20.9. The molecule has 0 aliphatic heterocycles. The summed E-state index contributed by atoms with van der Waals surface area (Å²) in [5.41, 5.74) is 13.8. The highest BCUT2D eigenvalue weighted by atomic mass is 32.1. The van der Waals surface area contributed by atoms with Crippen LogP contribution in [0.1, 0.15) is 0 Å². The molecule has 0 N–H and O–H groups in total. The van der Waals surface area contributed by atoms with Crippen LogP contribution in [0, 0.1) is 0 Å². The standard InChI is InChI=1S/C72H42OS/c1-3-17-43(18-4-1)67-51-25-11-14-28-54(51)70(59-31-15-29-57-60-37-45-21-7-9-23-47(45)41-64(60)73-72(57)59)62-39-50(33-35-55(62)67)49-34-36-56-61(38-49)68(44-19-5-2-6-20-44)52-26-12-13-27-53(52)69(56)58-30-16-32-65-71(58)63-40-46-22-8-10-24-48(46)42-66(63)74-65/h1-42H. The maximum Gasteiger partial charge on any atom is 0.143 e. The van der Waals surface area contributed by atoms with E-state index in [0.29, 0.717) is 0 Å². The lowest BCUT2D eigenvalue weighted by atomic mass is 9.83. The molecule has 0 bridgehead atoms. The fourth-order valence-corrected chi connectivity index (χ4v) is 13.7. The zero-order valence-electron chi connectivity index (χ0n) is 40.1. The normalized spacial score (nSPS) is 12.1. The first-order chi connectivity index (χ1) is 36.7. The molecule has 0 saturated carbocycles. The van der Waals surface area contributed by atoms with E-state index in [4.69, 9.17) is 4.42 Å². The third-order valence-corrected chi connectivity index (χ3v) is 16.9. The fourth-order valence-electron chi connectivity index (χ4n) is 12.5. The van der Waals surface area contributed by atoms with Crippen LogP contribution in [0.3, 0.4) is 0 Å². The van der Waals surface area contributed by atoms with Crippen LogP contribution in [-0.4, -0.2) is 0 Å². The molecule has 0 spiro atoms. The third kappa shape index (κ3) is 6.16. The molecule has 74 heavy (non-hydrogen) atoms. The summed E-state index contributed by atoms with van der Waals surface area (Å²) in [6.45, 7) is 0. The first-order valence-electron chi connectivity index (χ1n) is 25.5. The van der Waals surface area contributed by atoms with Crippen LogP contribution in [0.5, 0.6) is 0 Å². The highest BCUT2D eigenvalue weighted by Gasteiger charge is 2.24. The van der Waals surface area contributed by atoms with Gasteiger partial charge in [-0.05, 0) is 152 Å². The van der Waals surface area contributed by atoms with Gasteiger partial charge in [-0.1, -0.05) is 212 Å². The van der Waals surface area contributed by atoms with Crippen LogP contribution in [-0.2, 0) is 0 Å². The van der Waals surface area contributed by atoms with Crippen LogP contribution < -0.4 is 0 Å². The van der Waals surface area contributed by atoms with Crippen molar-refractivity contribution in [1.29, 1.82) is 0 Å². The van der Waals surface area contributed by atoms with Gasteiger partial charge in [-0.2, -0.15) is 0 Å². The summed E-state index contributed by atoms with van der Waals surface area (Å²) < 4.78 is 9.64.